The standard InChI is InChI=1S/C14H21N3O/c1-5-17-9-13(11(4)16-17)12-6-7-18-14(12)8-15-10(2)3/h6-7,9-10,15H,5,8H2,1-4H3. The Balaban J connectivity index is 2.27. The van der Waals surface area contributed by atoms with Crippen LogP contribution in [0.25, 0.3) is 11.1 Å². The van der Waals surface area contributed by atoms with Crippen molar-refractivity contribution in [2.24, 2.45) is 0 Å². The zero-order valence-electron chi connectivity index (χ0n) is 11.5. The second-order valence-corrected chi connectivity index (χ2v) is 4.78. The summed E-state index contributed by atoms with van der Waals surface area (Å²) in [6.07, 6.45) is 3.83. The van der Waals surface area contributed by atoms with Crippen molar-refractivity contribution in [2.75, 3.05) is 0 Å². The van der Waals surface area contributed by atoms with Gasteiger partial charge in [-0.15, -0.1) is 0 Å². The summed E-state index contributed by atoms with van der Waals surface area (Å²) in [6.45, 7) is 10.0. The van der Waals surface area contributed by atoms with Crippen molar-refractivity contribution in [1.29, 1.82) is 0 Å². The molecule has 2 aromatic heterocycles. The maximum absolute atomic E-state index is 5.57. The van der Waals surface area contributed by atoms with Crippen LogP contribution in [0.5, 0.6) is 0 Å². The van der Waals surface area contributed by atoms with E-state index in [0.717, 1.165) is 35.7 Å². The Hall–Kier alpha value is -1.55. The maximum atomic E-state index is 5.57. The van der Waals surface area contributed by atoms with Gasteiger partial charge in [-0.3, -0.25) is 4.68 Å². The highest BCUT2D eigenvalue weighted by Crippen LogP contribution is 2.27. The number of hydrogen-bond acceptors (Lipinski definition) is 3. The van der Waals surface area contributed by atoms with E-state index < -0.39 is 0 Å². The normalized spacial score (nSPS) is 11.4. The molecular formula is C14H21N3O. The minimum Gasteiger partial charge on any atom is -0.467 e. The molecule has 0 aliphatic rings. The molecule has 0 bridgehead atoms. The summed E-state index contributed by atoms with van der Waals surface area (Å²) < 4.78 is 7.52. The molecule has 4 nitrogen and oxygen atoms in total. The van der Waals surface area contributed by atoms with Crippen molar-refractivity contribution in [2.45, 2.75) is 46.8 Å². The van der Waals surface area contributed by atoms with Crippen LogP contribution in [0.3, 0.4) is 0 Å². The highest BCUT2D eigenvalue weighted by molar-refractivity contribution is 5.67. The molecule has 0 aliphatic carbocycles. The molecule has 0 atom stereocenters. The van der Waals surface area contributed by atoms with Crippen LogP contribution in [0, 0.1) is 6.92 Å². The quantitative estimate of drug-likeness (QED) is 0.883. The Morgan fingerprint density at radius 3 is 2.78 bits per heavy atom. The SMILES string of the molecule is CCn1cc(-c2ccoc2CNC(C)C)c(C)n1. The molecule has 0 unspecified atom stereocenters. The number of rotatable bonds is 5. The Kier molecular flexibility index (Phi) is 3.87. The third-order valence-electron chi connectivity index (χ3n) is 2.98. The lowest BCUT2D eigenvalue weighted by Gasteiger charge is -2.07. The van der Waals surface area contributed by atoms with Crippen LogP contribution < -0.4 is 5.32 Å². The molecule has 2 heterocycles. The molecular weight excluding hydrogens is 226 g/mol. The average molecular weight is 247 g/mol. The predicted octanol–water partition coefficient (Wildman–Crippen LogP) is 2.97. The van der Waals surface area contributed by atoms with Crippen LogP contribution in [0.1, 0.15) is 32.2 Å². The Labute approximate surface area is 108 Å². The van der Waals surface area contributed by atoms with Gasteiger partial charge in [0.25, 0.3) is 0 Å². The lowest BCUT2D eigenvalue weighted by atomic mass is 10.1. The molecule has 2 aromatic rings. The van der Waals surface area contributed by atoms with E-state index in [4.69, 9.17) is 4.42 Å². The van der Waals surface area contributed by atoms with E-state index >= 15 is 0 Å². The molecule has 1 N–H and O–H groups in total. The lowest BCUT2D eigenvalue weighted by Crippen LogP contribution is -2.21. The van der Waals surface area contributed by atoms with Gasteiger partial charge in [-0.05, 0) is 19.9 Å². The van der Waals surface area contributed by atoms with Crippen molar-refractivity contribution >= 4 is 0 Å². The molecule has 0 aromatic carbocycles. The van der Waals surface area contributed by atoms with Crippen molar-refractivity contribution in [1.82, 2.24) is 15.1 Å². The van der Waals surface area contributed by atoms with Crippen LogP contribution in [-0.4, -0.2) is 15.8 Å². The molecule has 0 amide bonds. The number of aromatic nitrogens is 2. The maximum Gasteiger partial charge on any atom is 0.125 e. The summed E-state index contributed by atoms with van der Waals surface area (Å²) in [7, 11) is 0. The minimum atomic E-state index is 0.447. The first-order valence-corrected chi connectivity index (χ1v) is 6.46. The van der Waals surface area contributed by atoms with Crippen LogP contribution >= 0.6 is 0 Å². The van der Waals surface area contributed by atoms with Gasteiger partial charge in [-0.2, -0.15) is 5.10 Å². The fourth-order valence-corrected chi connectivity index (χ4v) is 1.96. The zero-order chi connectivity index (χ0) is 13.1. The summed E-state index contributed by atoms with van der Waals surface area (Å²) in [4.78, 5) is 0. The smallest absolute Gasteiger partial charge is 0.125 e. The molecule has 0 aliphatic heterocycles. The predicted molar refractivity (Wildman–Crippen MR) is 72.3 cm³/mol. The molecule has 0 saturated carbocycles. The Morgan fingerprint density at radius 2 is 2.17 bits per heavy atom. The Morgan fingerprint density at radius 1 is 1.39 bits per heavy atom. The van der Waals surface area contributed by atoms with E-state index in [9.17, 15) is 0 Å². The second kappa shape index (κ2) is 5.40. The molecule has 0 fully saturated rings. The van der Waals surface area contributed by atoms with Crippen LogP contribution in [0.15, 0.2) is 22.9 Å². The van der Waals surface area contributed by atoms with Gasteiger partial charge in [0.2, 0.25) is 0 Å². The van der Waals surface area contributed by atoms with Crippen LogP contribution in [0.4, 0.5) is 0 Å². The summed E-state index contributed by atoms with van der Waals surface area (Å²) >= 11 is 0. The molecule has 0 spiro atoms. The van der Waals surface area contributed by atoms with Gasteiger partial charge in [0.15, 0.2) is 0 Å². The largest absolute Gasteiger partial charge is 0.467 e. The van der Waals surface area contributed by atoms with E-state index in [-0.39, 0.29) is 0 Å². The van der Waals surface area contributed by atoms with Crippen LogP contribution in [0.2, 0.25) is 0 Å². The summed E-state index contributed by atoms with van der Waals surface area (Å²) in [5.74, 6) is 0.974. The summed E-state index contributed by atoms with van der Waals surface area (Å²) in [5, 5.41) is 7.85. The van der Waals surface area contributed by atoms with Gasteiger partial charge in [0.05, 0.1) is 18.5 Å². The first-order chi connectivity index (χ1) is 8.61. The first kappa shape index (κ1) is 12.9. The fourth-order valence-electron chi connectivity index (χ4n) is 1.96. The van der Waals surface area contributed by atoms with Gasteiger partial charge in [0.1, 0.15) is 5.76 Å². The molecule has 18 heavy (non-hydrogen) atoms. The van der Waals surface area contributed by atoms with E-state index in [2.05, 4.69) is 37.4 Å². The van der Waals surface area contributed by atoms with Crippen molar-refractivity contribution in [3.05, 3.63) is 30.0 Å². The van der Waals surface area contributed by atoms with Crippen molar-refractivity contribution in [3.8, 4) is 11.1 Å². The number of nitrogens with one attached hydrogen (secondary N) is 1. The monoisotopic (exact) mass is 247 g/mol. The van der Waals surface area contributed by atoms with Gasteiger partial charge < -0.3 is 9.73 Å². The molecule has 0 radical (unpaired) electrons. The number of furan rings is 1. The topological polar surface area (TPSA) is 43.0 Å². The minimum absolute atomic E-state index is 0.447. The van der Waals surface area contributed by atoms with E-state index in [1.165, 1.54) is 0 Å². The first-order valence-electron chi connectivity index (χ1n) is 6.46. The molecule has 4 heteroatoms. The van der Waals surface area contributed by atoms with Crippen molar-refractivity contribution < 1.29 is 4.42 Å². The lowest BCUT2D eigenvalue weighted by molar-refractivity contribution is 0.466. The second-order valence-electron chi connectivity index (χ2n) is 4.78. The van der Waals surface area contributed by atoms with E-state index in [1.54, 1.807) is 6.26 Å². The number of nitrogens with zero attached hydrogens (tertiary/aromatic N) is 2. The molecule has 98 valence electrons. The van der Waals surface area contributed by atoms with Gasteiger partial charge in [-0.25, -0.2) is 0 Å². The third-order valence-corrected chi connectivity index (χ3v) is 2.98. The van der Waals surface area contributed by atoms with Crippen LogP contribution in [-0.2, 0) is 13.1 Å². The van der Waals surface area contributed by atoms with E-state index in [0.29, 0.717) is 6.04 Å². The zero-order valence-corrected chi connectivity index (χ0v) is 11.5. The number of aryl methyl sites for hydroxylation is 2. The van der Waals surface area contributed by atoms with E-state index in [1.807, 2.05) is 17.7 Å². The van der Waals surface area contributed by atoms with Crippen molar-refractivity contribution in [3.63, 3.8) is 0 Å². The van der Waals surface area contributed by atoms with Gasteiger partial charge in [0, 0.05) is 29.9 Å². The summed E-state index contributed by atoms with van der Waals surface area (Å²) in [5.41, 5.74) is 3.34. The fraction of sp³-hybridized carbons (Fsp3) is 0.500. The molecule has 2 rings (SSSR count). The summed E-state index contributed by atoms with van der Waals surface area (Å²) in [6, 6.07) is 2.46. The average Bonchev–Trinajstić information content (AvgIpc) is 2.92. The van der Waals surface area contributed by atoms with Gasteiger partial charge in [-0.1, -0.05) is 13.8 Å². The van der Waals surface area contributed by atoms with Gasteiger partial charge >= 0.3 is 0 Å². The third kappa shape index (κ3) is 2.64. The number of hydrogen-bond donors (Lipinski definition) is 1. The highest BCUT2D eigenvalue weighted by atomic mass is 16.3. The molecule has 0 saturated heterocycles. The highest BCUT2D eigenvalue weighted by Gasteiger charge is 2.13. The Bertz CT molecular complexity index is 511.